The lowest BCUT2D eigenvalue weighted by atomic mass is 9.95. The highest BCUT2D eigenvalue weighted by Crippen LogP contribution is 2.32. The number of carbonyl (C=O) groups is 2. The zero-order valence-corrected chi connectivity index (χ0v) is 15.7. The van der Waals surface area contributed by atoms with Crippen molar-refractivity contribution < 1.29 is 14.0 Å². The number of nitrogens with one attached hydrogen (secondary N) is 1. The van der Waals surface area contributed by atoms with E-state index >= 15 is 0 Å². The molecule has 1 aliphatic carbocycles. The first kappa shape index (κ1) is 18.2. The van der Waals surface area contributed by atoms with E-state index in [1.165, 1.54) is 31.0 Å². The van der Waals surface area contributed by atoms with Gasteiger partial charge in [0.25, 0.3) is 5.91 Å². The molecule has 25 heavy (non-hydrogen) atoms. The molecule has 5 nitrogen and oxygen atoms in total. The Kier molecular flexibility index (Phi) is 6.31. The van der Waals surface area contributed by atoms with Gasteiger partial charge in [0.2, 0.25) is 5.91 Å². The first-order valence-corrected chi connectivity index (χ1v) is 9.94. The molecule has 0 bridgehead atoms. The first-order valence-electron chi connectivity index (χ1n) is 8.72. The molecule has 1 aromatic heterocycles. The van der Waals surface area contributed by atoms with Gasteiger partial charge in [-0.3, -0.25) is 14.5 Å². The minimum absolute atomic E-state index is 0.0727. The Morgan fingerprint density at radius 3 is 2.92 bits per heavy atom. The van der Waals surface area contributed by atoms with Crippen molar-refractivity contribution in [1.82, 2.24) is 10.2 Å². The smallest absolute Gasteiger partial charge is 0.266 e. The number of nitrogens with zero attached hydrogens (tertiary/aromatic N) is 1. The first-order chi connectivity index (χ1) is 12.1. The Hall–Kier alpha value is -1.60. The third-order valence-electron chi connectivity index (χ3n) is 4.45. The van der Waals surface area contributed by atoms with Crippen molar-refractivity contribution in [3.8, 4) is 0 Å². The molecule has 0 spiro atoms. The molecule has 2 amide bonds. The Morgan fingerprint density at radius 1 is 1.40 bits per heavy atom. The highest BCUT2D eigenvalue weighted by Gasteiger charge is 2.31. The van der Waals surface area contributed by atoms with E-state index < -0.39 is 0 Å². The topological polar surface area (TPSA) is 62.6 Å². The summed E-state index contributed by atoms with van der Waals surface area (Å²) in [7, 11) is 0. The molecular formula is C18H22N2O3S2. The molecule has 0 atom stereocenters. The summed E-state index contributed by atoms with van der Waals surface area (Å²) >= 11 is 6.57. The minimum Gasteiger partial charge on any atom is -0.465 e. The van der Waals surface area contributed by atoms with Crippen LogP contribution in [0.25, 0.3) is 6.08 Å². The summed E-state index contributed by atoms with van der Waals surface area (Å²) in [4.78, 5) is 26.6. The zero-order chi connectivity index (χ0) is 17.6. The average Bonchev–Trinajstić information content (AvgIpc) is 3.19. The highest BCUT2D eigenvalue weighted by molar-refractivity contribution is 8.26. The van der Waals surface area contributed by atoms with Gasteiger partial charge in [-0.1, -0.05) is 43.2 Å². The fourth-order valence-electron chi connectivity index (χ4n) is 3.14. The fourth-order valence-corrected chi connectivity index (χ4v) is 4.43. The largest absolute Gasteiger partial charge is 0.465 e. The van der Waals surface area contributed by atoms with Crippen molar-refractivity contribution in [3.63, 3.8) is 0 Å². The Morgan fingerprint density at radius 2 is 2.20 bits per heavy atom. The standard InChI is InChI=1S/C18H22N2O3S2/c21-16(19-13-6-2-1-3-7-13)9-4-10-20-17(22)15(25-18(20)24)12-14-8-5-11-23-14/h5,8,11-13H,1-4,6-7,9-10H2,(H,19,21). The van der Waals surface area contributed by atoms with E-state index in [4.69, 9.17) is 16.6 Å². The van der Waals surface area contributed by atoms with Crippen LogP contribution in [0.1, 0.15) is 50.7 Å². The minimum atomic E-state index is -0.112. The predicted octanol–water partition coefficient (Wildman–Crippen LogP) is 3.71. The van der Waals surface area contributed by atoms with Gasteiger partial charge in [-0.05, 0) is 31.4 Å². The summed E-state index contributed by atoms with van der Waals surface area (Å²) in [6.45, 7) is 0.470. The summed E-state index contributed by atoms with van der Waals surface area (Å²) < 4.78 is 5.78. The van der Waals surface area contributed by atoms with Gasteiger partial charge >= 0.3 is 0 Å². The fraction of sp³-hybridized carbons (Fsp3) is 0.500. The molecule has 0 aromatic carbocycles. The van der Waals surface area contributed by atoms with Crippen molar-refractivity contribution in [1.29, 1.82) is 0 Å². The van der Waals surface area contributed by atoms with Crippen LogP contribution in [-0.4, -0.2) is 33.6 Å². The number of amides is 2. The maximum atomic E-state index is 12.4. The van der Waals surface area contributed by atoms with E-state index in [-0.39, 0.29) is 11.8 Å². The molecule has 134 valence electrons. The SMILES string of the molecule is O=C(CCCN1C(=O)C(=Cc2ccco2)SC1=S)NC1CCCCC1. The molecule has 1 aromatic rings. The molecule has 2 heterocycles. The van der Waals surface area contributed by atoms with Crippen LogP contribution in [0.5, 0.6) is 0 Å². The van der Waals surface area contributed by atoms with Gasteiger partial charge in [-0.25, -0.2) is 0 Å². The third-order valence-corrected chi connectivity index (χ3v) is 5.82. The molecule has 0 unspecified atom stereocenters. The van der Waals surface area contributed by atoms with E-state index in [1.807, 2.05) is 0 Å². The maximum Gasteiger partial charge on any atom is 0.266 e. The molecule has 1 N–H and O–H groups in total. The van der Waals surface area contributed by atoms with Crippen LogP contribution in [0.15, 0.2) is 27.7 Å². The monoisotopic (exact) mass is 378 g/mol. The van der Waals surface area contributed by atoms with Gasteiger partial charge in [-0.2, -0.15) is 0 Å². The van der Waals surface area contributed by atoms with Crippen LogP contribution in [0, 0.1) is 0 Å². The normalized spacial score (nSPS) is 20.5. The van der Waals surface area contributed by atoms with E-state index in [9.17, 15) is 9.59 Å². The summed E-state index contributed by atoms with van der Waals surface area (Å²) in [5, 5.41) is 3.10. The lowest BCUT2D eigenvalue weighted by Crippen LogP contribution is -2.36. The van der Waals surface area contributed by atoms with Gasteiger partial charge in [0.1, 0.15) is 10.1 Å². The molecule has 2 aliphatic rings. The number of thiocarbonyl (C=S) groups is 1. The highest BCUT2D eigenvalue weighted by atomic mass is 32.2. The zero-order valence-electron chi connectivity index (χ0n) is 14.0. The van der Waals surface area contributed by atoms with Gasteiger partial charge < -0.3 is 9.73 Å². The third kappa shape index (κ3) is 4.95. The van der Waals surface area contributed by atoms with Crippen molar-refractivity contribution in [2.45, 2.75) is 51.0 Å². The summed E-state index contributed by atoms with van der Waals surface area (Å²) in [6.07, 6.45) is 10.1. The summed E-state index contributed by atoms with van der Waals surface area (Å²) in [6, 6.07) is 3.90. The molecule has 1 aliphatic heterocycles. The lowest BCUT2D eigenvalue weighted by molar-refractivity contribution is -0.124. The van der Waals surface area contributed by atoms with Crippen molar-refractivity contribution in [2.24, 2.45) is 0 Å². The second kappa shape index (κ2) is 8.67. The number of hydrogen-bond acceptors (Lipinski definition) is 5. The Balaban J connectivity index is 1.45. The van der Waals surface area contributed by atoms with Crippen molar-refractivity contribution in [2.75, 3.05) is 6.54 Å². The molecule has 3 rings (SSSR count). The van der Waals surface area contributed by atoms with Crippen LogP contribution in [0.4, 0.5) is 0 Å². The van der Waals surface area contributed by atoms with E-state index in [0.717, 1.165) is 12.8 Å². The number of rotatable bonds is 6. The van der Waals surface area contributed by atoms with Crippen LogP contribution in [0.3, 0.4) is 0 Å². The summed E-state index contributed by atoms with van der Waals surface area (Å²) in [5.41, 5.74) is 0. The summed E-state index contributed by atoms with van der Waals surface area (Å²) in [5.74, 6) is 0.593. The quantitative estimate of drug-likeness (QED) is 0.604. The second-order valence-electron chi connectivity index (χ2n) is 6.35. The predicted molar refractivity (Wildman–Crippen MR) is 103 cm³/mol. The van der Waals surface area contributed by atoms with Crippen LogP contribution in [0.2, 0.25) is 0 Å². The van der Waals surface area contributed by atoms with Crippen LogP contribution < -0.4 is 5.32 Å². The van der Waals surface area contributed by atoms with Gasteiger partial charge in [0.05, 0.1) is 11.2 Å². The Bertz CT molecular complexity index is 664. The van der Waals surface area contributed by atoms with Gasteiger partial charge in [0, 0.05) is 25.1 Å². The number of carbonyl (C=O) groups excluding carboxylic acids is 2. The number of hydrogen-bond donors (Lipinski definition) is 1. The molecule has 0 radical (unpaired) electrons. The average molecular weight is 379 g/mol. The maximum absolute atomic E-state index is 12.4. The van der Waals surface area contributed by atoms with E-state index in [2.05, 4.69) is 5.32 Å². The Labute approximate surface area is 157 Å². The molecule has 1 saturated carbocycles. The molecule has 7 heteroatoms. The van der Waals surface area contributed by atoms with E-state index in [1.54, 1.807) is 29.4 Å². The molecule has 1 saturated heterocycles. The van der Waals surface area contributed by atoms with Crippen molar-refractivity contribution in [3.05, 3.63) is 29.1 Å². The second-order valence-corrected chi connectivity index (χ2v) is 8.03. The van der Waals surface area contributed by atoms with Crippen LogP contribution in [-0.2, 0) is 9.59 Å². The van der Waals surface area contributed by atoms with Gasteiger partial charge in [0.15, 0.2) is 0 Å². The van der Waals surface area contributed by atoms with Gasteiger partial charge in [-0.15, -0.1) is 0 Å². The molecular weight excluding hydrogens is 356 g/mol. The molecule has 2 fully saturated rings. The van der Waals surface area contributed by atoms with E-state index in [0.29, 0.717) is 40.4 Å². The lowest BCUT2D eigenvalue weighted by Gasteiger charge is -2.23. The number of furan rings is 1. The van der Waals surface area contributed by atoms with Crippen LogP contribution >= 0.6 is 24.0 Å². The number of thioether (sulfide) groups is 1. The van der Waals surface area contributed by atoms with Crippen molar-refractivity contribution >= 4 is 46.2 Å².